The Bertz CT molecular complexity index is 383. The van der Waals surface area contributed by atoms with Gasteiger partial charge in [0.25, 0.3) is 0 Å². The quantitative estimate of drug-likeness (QED) is 0.699. The Labute approximate surface area is 154 Å². The average Bonchev–Trinajstić information content (AvgIpc) is 2.69. The molecule has 0 aromatic rings. The van der Waals surface area contributed by atoms with Gasteiger partial charge in [0.05, 0.1) is 0 Å². The van der Waals surface area contributed by atoms with Gasteiger partial charge in [-0.05, 0) is 51.1 Å². The molecule has 2 heterocycles. The Balaban J connectivity index is 1.49. The van der Waals surface area contributed by atoms with Crippen LogP contribution in [0.4, 0.5) is 0 Å². The molecular formula is C21H38N2O2. The van der Waals surface area contributed by atoms with Crippen LogP contribution >= 0.6 is 0 Å². The number of carbonyl (C=O) groups excluding carboxylic acids is 1. The molecule has 1 aliphatic carbocycles. The van der Waals surface area contributed by atoms with Crippen molar-refractivity contribution >= 4 is 5.91 Å². The summed E-state index contributed by atoms with van der Waals surface area (Å²) in [5.74, 6) is 1.21. The smallest absolute Gasteiger partial charge is 0.222 e. The first-order chi connectivity index (χ1) is 12.3. The molecule has 0 unspecified atom stereocenters. The third-order valence-corrected chi connectivity index (χ3v) is 6.55. The molecule has 3 aliphatic rings. The zero-order chi connectivity index (χ0) is 17.3. The van der Waals surface area contributed by atoms with Gasteiger partial charge in [-0.3, -0.25) is 4.79 Å². The van der Waals surface area contributed by atoms with Crippen molar-refractivity contribution in [1.29, 1.82) is 0 Å². The van der Waals surface area contributed by atoms with Crippen LogP contribution in [0.15, 0.2) is 0 Å². The lowest BCUT2D eigenvalue weighted by atomic mass is 9.86. The van der Waals surface area contributed by atoms with E-state index in [-0.39, 0.29) is 0 Å². The number of likely N-dealkylation sites (tertiary alicyclic amines) is 1. The molecule has 4 nitrogen and oxygen atoms in total. The second-order valence-electron chi connectivity index (χ2n) is 8.38. The minimum atomic E-state index is 0.412. The molecule has 0 aromatic carbocycles. The van der Waals surface area contributed by atoms with Crippen LogP contribution in [0.25, 0.3) is 0 Å². The summed E-state index contributed by atoms with van der Waals surface area (Å²) in [7, 11) is 0. The van der Waals surface area contributed by atoms with Crippen LogP contribution in [0.2, 0.25) is 0 Å². The third kappa shape index (κ3) is 6.25. The van der Waals surface area contributed by atoms with E-state index in [0.717, 1.165) is 57.9 Å². The van der Waals surface area contributed by atoms with Crippen molar-refractivity contribution in [3.63, 3.8) is 0 Å². The summed E-state index contributed by atoms with van der Waals surface area (Å²) < 4.78 is 5.53. The van der Waals surface area contributed by atoms with E-state index in [1.165, 1.54) is 64.5 Å². The zero-order valence-electron chi connectivity index (χ0n) is 16.1. The SMILES string of the molecule is O=C(CCC1CCCCC1)N(CCN1CCCCC1)C1CCOCC1. The minimum Gasteiger partial charge on any atom is -0.381 e. The second-order valence-corrected chi connectivity index (χ2v) is 8.38. The van der Waals surface area contributed by atoms with E-state index >= 15 is 0 Å². The number of hydrogen-bond acceptors (Lipinski definition) is 3. The van der Waals surface area contributed by atoms with Crippen molar-refractivity contribution in [3.8, 4) is 0 Å². The lowest BCUT2D eigenvalue weighted by Gasteiger charge is -2.37. The topological polar surface area (TPSA) is 32.8 Å². The molecule has 0 N–H and O–H groups in total. The molecule has 25 heavy (non-hydrogen) atoms. The Hall–Kier alpha value is -0.610. The van der Waals surface area contributed by atoms with Gasteiger partial charge in [0.2, 0.25) is 5.91 Å². The summed E-state index contributed by atoms with van der Waals surface area (Å²) in [6.07, 6.45) is 14.8. The Morgan fingerprint density at radius 1 is 0.920 bits per heavy atom. The predicted molar refractivity (Wildman–Crippen MR) is 102 cm³/mol. The largest absolute Gasteiger partial charge is 0.381 e. The van der Waals surface area contributed by atoms with E-state index in [0.29, 0.717) is 11.9 Å². The standard InChI is InChI=1S/C21H38N2O2/c24-21(10-9-19-7-3-1-4-8-19)23(20-11-17-25-18-12-20)16-15-22-13-5-2-6-14-22/h19-20H,1-18H2. The van der Waals surface area contributed by atoms with Crippen molar-refractivity contribution in [2.24, 2.45) is 5.92 Å². The monoisotopic (exact) mass is 350 g/mol. The molecule has 1 amide bonds. The van der Waals surface area contributed by atoms with E-state index in [9.17, 15) is 4.79 Å². The number of carbonyl (C=O) groups is 1. The van der Waals surface area contributed by atoms with E-state index in [1.54, 1.807) is 0 Å². The van der Waals surface area contributed by atoms with Crippen LogP contribution in [0.3, 0.4) is 0 Å². The highest BCUT2D eigenvalue weighted by Crippen LogP contribution is 2.28. The van der Waals surface area contributed by atoms with Crippen molar-refractivity contribution in [2.45, 2.75) is 83.1 Å². The molecule has 1 saturated carbocycles. The molecule has 3 fully saturated rings. The van der Waals surface area contributed by atoms with Crippen LogP contribution in [0, 0.1) is 5.92 Å². The van der Waals surface area contributed by atoms with Gasteiger partial charge < -0.3 is 14.5 Å². The number of rotatable bonds is 7. The van der Waals surface area contributed by atoms with Gasteiger partial charge >= 0.3 is 0 Å². The molecule has 0 spiro atoms. The summed E-state index contributed by atoms with van der Waals surface area (Å²) in [5.41, 5.74) is 0. The molecule has 4 heteroatoms. The van der Waals surface area contributed by atoms with Gasteiger partial charge in [-0.25, -0.2) is 0 Å². The lowest BCUT2D eigenvalue weighted by molar-refractivity contribution is -0.136. The van der Waals surface area contributed by atoms with Gasteiger partial charge in [-0.15, -0.1) is 0 Å². The van der Waals surface area contributed by atoms with Crippen LogP contribution in [-0.4, -0.2) is 61.1 Å². The molecule has 0 radical (unpaired) electrons. The van der Waals surface area contributed by atoms with E-state index in [4.69, 9.17) is 4.74 Å². The fourth-order valence-electron chi connectivity index (χ4n) is 4.89. The maximum atomic E-state index is 13.0. The number of ether oxygens (including phenoxy) is 1. The molecule has 2 saturated heterocycles. The van der Waals surface area contributed by atoms with Crippen LogP contribution in [0.1, 0.15) is 77.0 Å². The van der Waals surface area contributed by atoms with Gasteiger partial charge in [0.15, 0.2) is 0 Å². The second kappa shape index (κ2) is 10.5. The van der Waals surface area contributed by atoms with Gasteiger partial charge in [-0.2, -0.15) is 0 Å². The lowest BCUT2D eigenvalue weighted by Crippen LogP contribution is -2.47. The summed E-state index contributed by atoms with van der Waals surface area (Å²) in [6.45, 7) is 6.07. The Morgan fingerprint density at radius 3 is 2.32 bits per heavy atom. The van der Waals surface area contributed by atoms with Crippen molar-refractivity contribution in [2.75, 3.05) is 39.4 Å². The van der Waals surface area contributed by atoms with Gasteiger partial charge in [0, 0.05) is 38.8 Å². The number of amides is 1. The highest BCUT2D eigenvalue weighted by Gasteiger charge is 2.27. The number of nitrogens with zero attached hydrogens (tertiary/aromatic N) is 2. The van der Waals surface area contributed by atoms with E-state index in [1.807, 2.05) is 0 Å². The molecule has 144 valence electrons. The summed E-state index contributed by atoms with van der Waals surface area (Å²) in [5, 5.41) is 0. The van der Waals surface area contributed by atoms with Crippen molar-refractivity contribution in [1.82, 2.24) is 9.80 Å². The number of hydrogen-bond donors (Lipinski definition) is 0. The van der Waals surface area contributed by atoms with Crippen LogP contribution in [0.5, 0.6) is 0 Å². The Morgan fingerprint density at radius 2 is 1.60 bits per heavy atom. The summed E-state index contributed by atoms with van der Waals surface area (Å²) in [6, 6.07) is 0.414. The van der Waals surface area contributed by atoms with E-state index < -0.39 is 0 Å². The highest BCUT2D eigenvalue weighted by molar-refractivity contribution is 5.76. The molecule has 3 rings (SSSR count). The normalized spacial score (nSPS) is 24.3. The van der Waals surface area contributed by atoms with Gasteiger partial charge in [-0.1, -0.05) is 38.5 Å². The maximum Gasteiger partial charge on any atom is 0.222 e. The van der Waals surface area contributed by atoms with E-state index in [2.05, 4.69) is 9.80 Å². The zero-order valence-corrected chi connectivity index (χ0v) is 16.1. The minimum absolute atomic E-state index is 0.412. The van der Waals surface area contributed by atoms with Crippen molar-refractivity contribution in [3.05, 3.63) is 0 Å². The van der Waals surface area contributed by atoms with Crippen molar-refractivity contribution < 1.29 is 9.53 Å². The summed E-state index contributed by atoms with van der Waals surface area (Å²) >= 11 is 0. The first-order valence-corrected chi connectivity index (χ1v) is 10.9. The first-order valence-electron chi connectivity index (χ1n) is 10.9. The Kier molecular flexibility index (Phi) is 8.06. The molecule has 0 aromatic heterocycles. The van der Waals surface area contributed by atoms with Gasteiger partial charge in [0.1, 0.15) is 0 Å². The van der Waals surface area contributed by atoms with Crippen LogP contribution in [-0.2, 0) is 9.53 Å². The van der Waals surface area contributed by atoms with Crippen LogP contribution < -0.4 is 0 Å². The molecular weight excluding hydrogens is 312 g/mol. The maximum absolute atomic E-state index is 13.0. The third-order valence-electron chi connectivity index (χ3n) is 6.55. The highest BCUT2D eigenvalue weighted by atomic mass is 16.5. The molecule has 0 atom stereocenters. The fourth-order valence-corrected chi connectivity index (χ4v) is 4.89. The molecule has 0 bridgehead atoms. The predicted octanol–water partition coefficient (Wildman–Crippen LogP) is 3.84. The first kappa shape index (κ1) is 19.2. The summed E-state index contributed by atoms with van der Waals surface area (Å²) in [4.78, 5) is 17.8. The molecule has 2 aliphatic heterocycles. The number of piperidine rings is 1. The fraction of sp³-hybridized carbons (Fsp3) is 0.952. The average molecular weight is 351 g/mol.